The van der Waals surface area contributed by atoms with Crippen LogP contribution in [0.4, 0.5) is 0 Å². The molecule has 3 rings (SSSR count). The summed E-state index contributed by atoms with van der Waals surface area (Å²) >= 11 is 0. The number of likely N-dealkylation sites (tertiary alicyclic amines) is 2. The lowest BCUT2D eigenvalue weighted by Gasteiger charge is -2.47. The lowest BCUT2D eigenvalue weighted by Crippen LogP contribution is -2.52. The molecule has 0 saturated carbocycles. The van der Waals surface area contributed by atoms with Crippen LogP contribution in [-0.4, -0.2) is 47.8 Å². The van der Waals surface area contributed by atoms with Gasteiger partial charge in [0.05, 0.1) is 0 Å². The van der Waals surface area contributed by atoms with Gasteiger partial charge in [-0.15, -0.1) is 0 Å². The van der Waals surface area contributed by atoms with Crippen molar-refractivity contribution >= 4 is 11.8 Å². The van der Waals surface area contributed by atoms with Gasteiger partial charge in [-0.1, -0.05) is 18.2 Å². The van der Waals surface area contributed by atoms with Crippen LogP contribution in [0.3, 0.4) is 0 Å². The highest BCUT2D eigenvalue weighted by Gasteiger charge is 2.41. The largest absolute Gasteiger partial charge is 0.342 e. The maximum atomic E-state index is 12.7. The molecular formula is C19H26N2O2. The summed E-state index contributed by atoms with van der Waals surface area (Å²) in [4.78, 5) is 28.6. The van der Waals surface area contributed by atoms with Crippen LogP contribution in [0.25, 0.3) is 0 Å². The Morgan fingerprint density at radius 2 is 1.87 bits per heavy atom. The minimum atomic E-state index is 0.150. The lowest BCUT2D eigenvalue weighted by molar-refractivity contribution is -0.138. The zero-order valence-corrected chi connectivity index (χ0v) is 14.2. The molecule has 1 aromatic rings. The molecule has 2 fully saturated rings. The van der Waals surface area contributed by atoms with Gasteiger partial charge in [0.2, 0.25) is 5.91 Å². The molecule has 2 aliphatic rings. The van der Waals surface area contributed by atoms with Crippen molar-refractivity contribution in [1.29, 1.82) is 0 Å². The van der Waals surface area contributed by atoms with Crippen molar-refractivity contribution < 1.29 is 9.59 Å². The normalized spacial score (nSPS) is 20.9. The van der Waals surface area contributed by atoms with Crippen molar-refractivity contribution in [2.24, 2.45) is 5.41 Å². The van der Waals surface area contributed by atoms with Crippen molar-refractivity contribution in [3.8, 4) is 0 Å². The Balaban J connectivity index is 1.66. The predicted molar refractivity (Wildman–Crippen MR) is 90.2 cm³/mol. The molecule has 0 bridgehead atoms. The van der Waals surface area contributed by atoms with Crippen LogP contribution in [0.1, 0.15) is 48.5 Å². The van der Waals surface area contributed by atoms with Crippen molar-refractivity contribution in [2.45, 2.75) is 39.5 Å². The second kappa shape index (κ2) is 6.34. The summed E-state index contributed by atoms with van der Waals surface area (Å²) in [6, 6.07) is 7.80. The van der Waals surface area contributed by atoms with Gasteiger partial charge >= 0.3 is 0 Å². The maximum absolute atomic E-state index is 12.7. The van der Waals surface area contributed by atoms with Gasteiger partial charge in [-0.2, -0.15) is 0 Å². The number of aryl methyl sites for hydroxylation is 1. The van der Waals surface area contributed by atoms with E-state index < -0.39 is 0 Å². The molecule has 4 heteroatoms. The van der Waals surface area contributed by atoms with Crippen molar-refractivity contribution in [1.82, 2.24) is 9.80 Å². The summed E-state index contributed by atoms with van der Waals surface area (Å²) in [5, 5.41) is 0. The van der Waals surface area contributed by atoms with E-state index in [1.807, 2.05) is 47.9 Å². The first-order valence-corrected chi connectivity index (χ1v) is 8.67. The van der Waals surface area contributed by atoms with Crippen LogP contribution < -0.4 is 0 Å². The number of rotatable bonds is 2. The lowest BCUT2D eigenvalue weighted by atomic mass is 9.72. The van der Waals surface area contributed by atoms with Gasteiger partial charge in [0, 0.05) is 38.2 Å². The fraction of sp³-hybridized carbons (Fsp3) is 0.579. The molecule has 0 N–H and O–H groups in total. The Morgan fingerprint density at radius 1 is 1.17 bits per heavy atom. The fourth-order valence-corrected chi connectivity index (χ4v) is 3.97. The smallest absolute Gasteiger partial charge is 0.254 e. The quantitative estimate of drug-likeness (QED) is 0.842. The third-order valence-corrected chi connectivity index (χ3v) is 5.62. The first-order valence-electron chi connectivity index (χ1n) is 8.67. The zero-order chi connectivity index (χ0) is 16.4. The number of carbonyl (C=O) groups is 2. The standard InChI is InChI=1S/C19H26N2O2/c1-3-20-14-19(9-8-17(20)22)10-12-21(13-11-19)18(23)16-7-5-4-6-15(16)2/h4-7H,3,8-14H2,1-2H3. The summed E-state index contributed by atoms with van der Waals surface area (Å²) in [6.07, 6.45) is 3.66. The molecule has 1 spiro atoms. The minimum absolute atomic E-state index is 0.150. The first kappa shape index (κ1) is 16.0. The van der Waals surface area contributed by atoms with E-state index in [2.05, 4.69) is 0 Å². The molecule has 1 aromatic carbocycles. The molecule has 2 heterocycles. The molecule has 2 saturated heterocycles. The molecule has 0 aliphatic carbocycles. The van der Waals surface area contributed by atoms with Crippen LogP contribution in [0.15, 0.2) is 24.3 Å². The monoisotopic (exact) mass is 314 g/mol. The average molecular weight is 314 g/mol. The number of hydrogen-bond acceptors (Lipinski definition) is 2. The summed E-state index contributed by atoms with van der Waals surface area (Å²) in [7, 11) is 0. The molecule has 0 atom stereocenters. The van der Waals surface area contributed by atoms with E-state index in [1.165, 1.54) is 0 Å². The van der Waals surface area contributed by atoms with Crippen LogP contribution >= 0.6 is 0 Å². The van der Waals surface area contributed by atoms with Gasteiger partial charge in [-0.05, 0) is 50.2 Å². The highest BCUT2D eigenvalue weighted by molar-refractivity contribution is 5.95. The molecule has 23 heavy (non-hydrogen) atoms. The number of hydrogen-bond donors (Lipinski definition) is 0. The summed E-state index contributed by atoms with van der Waals surface area (Å²) in [5.41, 5.74) is 2.09. The molecule has 0 aromatic heterocycles. The average Bonchev–Trinajstić information content (AvgIpc) is 2.58. The summed E-state index contributed by atoms with van der Waals surface area (Å²) in [5.74, 6) is 0.439. The first-order chi connectivity index (χ1) is 11.0. The minimum Gasteiger partial charge on any atom is -0.342 e. The van der Waals surface area contributed by atoms with Gasteiger partial charge < -0.3 is 9.80 Å². The van der Waals surface area contributed by atoms with E-state index >= 15 is 0 Å². The van der Waals surface area contributed by atoms with Gasteiger partial charge in [0.1, 0.15) is 0 Å². The van der Waals surface area contributed by atoms with E-state index in [9.17, 15) is 9.59 Å². The molecular weight excluding hydrogens is 288 g/mol. The molecule has 2 amide bonds. The summed E-state index contributed by atoms with van der Waals surface area (Å²) in [6.45, 7) is 7.32. The zero-order valence-electron chi connectivity index (χ0n) is 14.2. The van der Waals surface area contributed by atoms with Crippen LogP contribution in [0.2, 0.25) is 0 Å². The number of nitrogens with zero attached hydrogens (tertiary/aromatic N) is 2. The second-order valence-electron chi connectivity index (χ2n) is 7.02. The highest BCUT2D eigenvalue weighted by atomic mass is 16.2. The Bertz CT molecular complexity index is 603. The molecule has 2 aliphatic heterocycles. The fourth-order valence-electron chi connectivity index (χ4n) is 3.97. The van der Waals surface area contributed by atoms with Gasteiger partial charge in [0.15, 0.2) is 0 Å². The SMILES string of the molecule is CCN1CC2(CCC1=O)CCN(C(=O)c1ccccc1C)CC2. The van der Waals surface area contributed by atoms with Gasteiger partial charge in [-0.25, -0.2) is 0 Å². The van der Waals surface area contributed by atoms with E-state index in [0.717, 1.165) is 56.6 Å². The van der Waals surface area contributed by atoms with E-state index in [0.29, 0.717) is 6.42 Å². The Hall–Kier alpha value is -1.84. The molecule has 0 unspecified atom stereocenters. The van der Waals surface area contributed by atoms with Crippen LogP contribution in [0.5, 0.6) is 0 Å². The number of carbonyl (C=O) groups excluding carboxylic acids is 2. The van der Waals surface area contributed by atoms with E-state index in [4.69, 9.17) is 0 Å². The van der Waals surface area contributed by atoms with Crippen LogP contribution in [0, 0.1) is 12.3 Å². The van der Waals surface area contributed by atoms with Crippen molar-refractivity contribution in [3.63, 3.8) is 0 Å². The third kappa shape index (κ3) is 3.12. The predicted octanol–water partition coefficient (Wildman–Crippen LogP) is 2.86. The topological polar surface area (TPSA) is 40.6 Å². The van der Waals surface area contributed by atoms with E-state index in [-0.39, 0.29) is 17.2 Å². The van der Waals surface area contributed by atoms with Crippen LogP contribution in [-0.2, 0) is 4.79 Å². The van der Waals surface area contributed by atoms with Crippen molar-refractivity contribution in [3.05, 3.63) is 35.4 Å². The van der Waals surface area contributed by atoms with Crippen molar-refractivity contribution in [2.75, 3.05) is 26.2 Å². The second-order valence-corrected chi connectivity index (χ2v) is 7.02. The van der Waals surface area contributed by atoms with Gasteiger partial charge in [-0.3, -0.25) is 9.59 Å². The molecule has 0 radical (unpaired) electrons. The van der Waals surface area contributed by atoms with Gasteiger partial charge in [0.25, 0.3) is 5.91 Å². The third-order valence-electron chi connectivity index (χ3n) is 5.62. The molecule has 4 nitrogen and oxygen atoms in total. The molecule has 124 valence electrons. The van der Waals surface area contributed by atoms with E-state index in [1.54, 1.807) is 0 Å². The number of piperidine rings is 2. The number of benzene rings is 1. The summed E-state index contributed by atoms with van der Waals surface area (Å²) < 4.78 is 0. The Morgan fingerprint density at radius 3 is 2.52 bits per heavy atom. The number of amides is 2. The maximum Gasteiger partial charge on any atom is 0.254 e. The highest BCUT2D eigenvalue weighted by Crippen LogP contribution is 2.40. The Kier molecular flexibility index (Phi) is 4.42. The Labute approximate surface area is 138 Å².